The summed E-state index contributed by atoms with van der Waals surface area (Å²) in [6.07, 6.45) is 13.1. The van der Waals surface area contributed by atoms with Gasteiger partial charge in [-0.2, -0.15) is 0 Å². The van der Waals surface area contributed by atoms with Crippen molar-refractivity contribution in [2.45, 2.75) is 32.2 Å². The summed E-state index contributed by atoms with van der Waals surface area (Å²) in [5, 5.41) is 3.17. The van der Waals surface area contributed by atoms with Crippen molar-refractivity contribution in [3.8, 4) is 44.5 Å². The topological polar surface area (TPSA) is 152 Å². The fraction of sp³-hybridized carbons (Fsp3) is 0.0833. The van der Waals surface area contributed by atoms with E-state index in [0.29, 0.717) is 17.7 Å². The van der Waals surface area contributed by atoms with Gasteiger partial charge in [0.1, 0.15) is 22.8 Å². The molecule has 0 unspecified atom stereocenters. The summed E-state index contributed by atoms with van der Waals surface area (Å²) in [6, 6.07) is 59.2. The summed E-state index contributed by atoms with van der Waals surface area (Å²) in [5.74, 6) is -0.593. The molecule has 4 aliphatic heterocycles. The van der Waals surface area contributed by atoms with Crippen molar-refractivity contribution in [1.82, 2.24) is 35.2 Å². The number of rotatable bonds is 8. The molecule has 12 heteroatoms. The Balaban J connectivity index is 0.803. The van der Waals surface area contributed by atoms with Gasteiger partial charge in [0.05, 0.1) is 24.1 Å². The minimum atomic E-state index is -0.408. The number of hydrogen-bond acceptors (Lipinski definition) is 5. The lowest BCUT2D eigenvalue weighted by atomic mass is 9.87. The van der Waals surface area contributed by atoms with E-state index in [0.717, 1.165) is 146 Å². The van der Waals surface area contributed by atoms with Gasteiger partial charge in [-0.05, 0) is 137 Å². The van der Waals surface area contributed by atoms with Crippen molar-refractivity contribution in [3.63, 3.8) is 0 Å². The summed E-state index contributed by atoms with van der Waals surface area (Å²) in [6.45, 7) is 4.80. The highest BCUT2D eigenvalue weighted by Gasteiger charge is 2.29. The van der Waals surface area contributed by atoms with Gasteiger partial charge in [-0.1, -0.05) is 117 Å². The van der Waals surface area contributed by atoms with Crippen LogP contribution in [0.4, 0.5) is 0 Å². The van der Waals surface area contributed by atoms with Gasteiger partial charge in [-0.15, -0.1) is 0 Å². The van der Waals surface area contributed by atoms with Crippen LogP contribution in [0.15, 0.2) is 176 Å². The first kappa shape index (κ1) is 51.2. The minimum Gasteiger partial charge on any atom is -0.465 e. The van der Waals surface area contributed by atoms with Gasteiger partial charge in [-0.25, -0.2) is 9.78 Å². The maximum absolute atomic E-state index is 13.9. The third-order valence-electron chi connectivity index (χ3n) is 16.2. The van der Waals surface area contributed by atoms with Crippen LogP contribution in [-0.4, -0.2) is 48.9 Å². The van der Waals surface area contributed by atoms with Crippen LogP contribution >= 0.6 is 0 Å². The third kappa shape index (κ3) is 9.64. The number of nitrogens with zero attached hydrogens (tertiary/aromatic N) is 4. The van der Waals surface area contributed by atoms with E-state index in [1.165, 1.54) is 7.11 Å². The number of benzene rings is 4. The molecule has 16 bridgehead atoms. The van der Waals surface area contributed by atoms with Crippen molar-refractivity contribution in [3.05, 3.63) is 252 Å². The third-order valence-corrected chi connectivity index (χ3v) is 16.2. The predicted molar refractivity (Wildman–Crippen MR) is 336 cm³/mol. The molecular formula is C72H57N9O3. The second kappa shape index (κ2) is 20.5. The number of amides is 1. The Labute approximate surface area is 484 Å². The Bertz CT molecular complexity index is 4800. The molecular weight excluding hydrogens is 1040 g/mol. The van der Waals surface area contributed by atoms with Crippen molar-refractivity contribution in [2.24, 2.45) is 0 Å². The van der Waals surface area contributed by atoms with Crippen molar-refractivity contribution < 1.29 is 23.5 Å². The standard InChI is InChI=1S/C72H57N9O3/c1-72(2)41-55-38-64-60(40-65(79-64)68(46-17-21-49(22-18-46)71(83)84-5)61-30-26-53(76-61)37-63-59(44-9-7-6-8-10-44)36-54(77-63)39-67(72)78-55)45-13-11-43(12-14-45)42-73-70(82)48-19-15-47(16-20-48)69-62-31-25-52(75-62)35-57-28-27-56(80(57)3)33-50-23-24-51(74-50)34-58-29-32-66(69)81(58)4/h6-40,74-75,77,79H,3-4,41-42H2,1-2,5H3,(H,73,82). The molecule has 0 atom stereocenters. The van der Waals surface area contributed by atoms with E-state index < -0.39 is 5.97 Å². The highest BCUT2D eigenvalue weighted by molar-refractivity contribution is 5.99. The number of H-pyrrole nitrogens is 4. The number of carbonyl (C=O) groups excluding carboxylic acids is 2. The fourth-order valence-corrected chi connectivity index (χ4v) is 11.7. The second-order valence-corrected chi connectivity index (χ2v) is 22.3. The molecule has 10 heterocycles. The van der Waals surface area contributed by atoms with Crippen molar-refractivity contribution >= 4 is 92.5 Å². The van der Waals surface area contributed by atoms with Crippen LogP contribution in [0.1, 0.15) is 85.7 Å². The molecule has 84 heavy (non-hydrogen) atoms. The Morgan fingerprint density at radius 3 is 1.87 bits per heavy atom. The summed E-state index contributed by atoms with van der Waals surface area (Å²) in [5.41, 5.74) is 24.1. The van der Waals surface area contributed by atoms with E-state index in [2.05, 4.69) is 199 Å². The van der Waals surface area contributed by atoms with Crippen LogP contribution in [0.5, 0.6) is 0 Å². The Hall–Kier alpha value is -11.0. The molecule has 6 aromatic heterocycles. The zero-order valence-electron chi connectivity index (χ0n) is 46.5. The van der Waals surface area contributed by atoms with Crippen LogP contribution < -0.4 is 14.5 Å². The van der Waals surface area contributed by atoms with E-state index in [-0.39, 0.29) is 11.3 Å². The predicted octanol–water partition coefficient (Wildman–Crippen LogP) is 14.4. The smallest absolute Gasteiger partial charge is 0.337 e. The van der Waals surface area contributed by atoms with Gasteiger partial charge in [0.2, 0.25) is 0 Å². The molecule has 14 rings (SSSR count). The number of aromatic amines is 4. The highest BCUT2D eigenvalue weighted by Crippen LogP contribution is 2.38. The maximum atomic E-state index is 13.9. The average Bonchev–Trinajstić information content (AvgIpc) is 3.83. The van der Waals surface area contributed by atoms with Crippen LogP contribution in [0.25, 0.3) is 125 Å². The first-order chi connectivity index (χ1) is 40.9. The molecule has 0 saturated carbocycles. The number of esters is 1. The lowest BCUT2D eigenvalue weighted by Gasteiger charge is -2.15. The molecule has 5 N–H and O–H groups in total. The van der Waals surface area contributed by atoms with E-state index in [1.54, 1.807) is 12.1 Å². The fourth-order valence-electron chi connectivity index (χ4n) is 11.7. The summed E-state index contributed by atoms with van der Waals surface area (Å²) < 4.78 is 8.93. The zero-order valence-corrected chi connectivity index (χ0v) is 46.5. The molecule has 408 valence electrons. The van der Waals surface area contributed by atoms with Gasteiger partial charge in [0.15, 0.2) is 0 Å². The lowest BCUT2D eigenvalue weighted by Crippen LogP contribution is -2.29. The summed E-state index contributed by atoms with van der Waals surface area (Å²) in [7, 11) is 10.2. The van der Waals surface area contributed by atoms with Crippen LogP contribution in [0, 0.1) is 14.1 Å². The first-order valence-corrected chi connectivity index (χ1v) is 27.9. The van der Waals surface area contributed by atoms with Crippen LogP contribution in [0.3, 0.4) is 0 Å². The number of ether oxygens (including phenoxy) is 1. The van der Waals surface area contributed by atoms with Crippen molar-refractivity contribution in [2.75, 3.05) is 7.11 Å². The lowest BCUT2D eigenvalue weighted by molar-refractivity contribution is -0.613. The number of fused-ring (bicyclic) bond motifs is 16. The van der Waals surface area contributed by atoms with Gasteiger partial charge in [0.25, 0.3) is 5.91 Å². The molecule has 0 spiro atoms. The SMILES string of the molecule is [CH2-][n+]1c2cc3ccc(cc4[n+]([CH2-])c(c(-c5ccc(C(=O)NCc6ccc(-c7cc8[nH]c7cc7nc(cc9cc(-c%10ccccc%10)c(cc%10nc(c8-c8ccc(C(=O)OC)cc8)C=C%10)[nH]9)C(C)(C)C7)cc6)cc5)c5ccc(cc1C=C2)[nH]5)C=C4)[nH]3. The van der Waals surface area contributed by atoms with E-state index >= 15 is 0 Å². The minimum absolute atomic E-state index is 0.185. The molecule has 4 aliphatic rings. The van der Waals surface area contributed by atoms with Gasteiger partial charge in [-0.3, -0.25) is 9.78 Å². The van der Waals surface area contributed by atoms with E-state index in [1.807, 2.05) is 63.8 Å². The Kier molecular flexibility index (Phi) is 12.5. The number of hydrogen-bond donors (Lipinski definition) is 5. The quantitative estimate of drug-likeness (QED) is 0.0583. The number of methoxy groups -OCH3 is 1. The number of carbonyl (C=O) groups is 2. The summed E-state index contributed by atoms with van der Waals surface area (Å²) in [4.78, 5) is 51.8. The molecule has 0 fully saturated rings. The molecule has 0 radical (unpaired) electrons. The maximum Gasteiger partial charge on any atom is 0.337 e. The zero-order chi connectivity index (χ0) is 57.2. The van der Waals surface area contributed by atoms with Crippen LogP contribution in [0.2, 0.25) is 0 Å². The van der Waals surface area contributed by atoms with E-state index in [9.17, 15) is 9.59 Å². The van der Waals surface area contributed by atoms with Gasteiger partial charge >= 0.3 is 5.97 Å². The average molecular weight is 1100 g/mol. The Morgan fingerprint density at radius 2 is 1.14 bits per heavy atom. The summed E-state index contributed by atoms with van der Waals surface area (Å²) >= 11 is 0. The molecule has 0 aliphatic carbocycles. The number of aromatic nitrogens is 8. The largest absolute Gasteiger partial charge is 0.465 e. The van der Waals surface area contributed by atoms with Gasteiger partial charge in [0, 0.05) is 116 Å². The van der Waals surface area contributed by atoms with Gasteiger partial charge < -0.3 is 39.1 Å². The molecule has 4 aromatic carbocycles. The normalized spacial score (nSPS) is 13.1. The highest BCUT2D eigenvalue weighted by atomic mass is 16.5. The second-order valence-electron chi connectivity index (χ2n) is 22.3. The molecule has 10 aromatic rings. The van der Waals surface area contributed by atoms with Crippen LogP contribution in [-0.2, 0) is 23.1 Å². The first-order valence-electron chi connectivity index (χ1n) is 27.9. The monoisotopic (exact) mass is 1100 g/mol. The molecule has 1 amide bonds. The molecule has 12 nitrogen and oxygen atoms in total. The Morgan fingerprint density at radius 1 is 0.536 bits per heavy atom. The number of nitrogens with one attached hydrogen (secondary N) is 5. The molecule has 0 saturated heterocycles. The van der Waals surface area contributed by atoms with Crippen molar-refractivity contribution in [1.29, 1.82) is 0 Å². The van der Waals surface area contributed by atoms with E-state index in [4.69, 9.17) is 14.7 Å².